The number of carbonyl (C=O) groups is 1. The van der Waals surface area contributed by atoms with E-state index >= 15 is 0 Å². The van der Waals surface area contributed by atoms with Gasteiger partial charge in [-0.1, -0.05) is 0 Å². The van der Waals surface area contributed by atoms with Crippen LogP contribution in [-0.4, -0.2) is 25.5 Å². The highest BCUT2D eigenvalue weighted by Crippen LogP contribution is 2.05. The van der Waals surface area contributed by atoms with Crippen molar-refractivity contribution in [2.24, 2.45) is 7.05 Å². The van der Waals surface area contributed by atoms with Gasteiger partial charge < -0.3 is 5.32 Å². The quantitative estimate of drug-likeness (QED) is 0.872. The lowest BCUT2D eigenvalue weighted by Crippen LogP contribution is -2.25. The van der Waals surface area contributed by atoms with Crippen LogP contribution >= 0.6 is 0 Å². The summed E-state index contributed by atoms with van der Waals surface area (Å²) in [5.41, 5.74) is 2.53. The van der Waals surface area contributed by atoms with E-state index in [-0.39, 0.29) is 5.91 Å². The summed E-state index contributed by atoms with van der Waals surface area (Å²) < 4.78 is 3.42. The average Bonchev–Trinajstić information content (AvgIpc) is 2.92. The summed E-state index contributed by atoms with van der Waals surface area (Å²) in [5.74, 6) is -0.126. The second-order valence-electron chi connectivity index (χ2n) is 4.12. The molecule has 1 amide bonds. The van der Waals surface area contributed by atoms with E-state index in [1.165, 1.54) is 0 Å². The lowest BCUT2D eigenvalue weighted by atomic mass is 10.2. The molecule has 0 unspecified atom stereocenters. The largest absolute Gasteiger partial charge is 0.347 e. The van der Waals surface area contributed by atoms with Gasteiger partial charge in [0.05, 0.1) is 5.69 Å². The third-order valence-electron chi connectivity index (χ3n) is 2.86. The fourth-order valence-electron chi connectivity index (χ4n) is 1.76. The molecule has 2 rings (SSSR count). The zero-order valence-corrected chi connectivity index (χ0v) is 10.8. The molecular weight excluding hydrogens is 230 g/mol. The van der Waals surface area contributed by atoms with Crippen LogP contribution in [0.3, 0.4) is 0 Å². The smallest absolute Gasteiger partial charge is 0.269 e. The standard InChI is InChI=1S/C12H17N5O/c1-4-17-8-10(9(2)15-17)7-13-12(18)11-5-6-14-16(11)3/h5-6,8H,4,7H2,1-3H3,(H,13,18). The number of amides is 1. The Balaban J connectivity index is 2.01. The van der Waals surface area contributed by atoms with Crippen molar-refractivity contribution in [1.82, 2.24) is 24.9 Å². The molecule has 0 aliphatic rings. The molecule has 18 heavy (non-hydrogen) atoms. The summed E-state index contributed by atoms with van der Waals surface area (Å²) in [4.78, 5) is 11.9. The van der Waals surface area contributed by atoms with E-state index in [0.717, 1.165) is 17.8 Å². The van der Waals surface area contributed by atoms with Crippen molar-refractivity contribution in [2.45, 2.75) is 26.9 Å². The van der Waals surface area contributed by atoms with Crippen LogP contribution in [0.4, 0.5) is 0 Å². The Labute approximate surface area is 106 Å². The predicted molar refractivity (Wildman–Crippen MR) is 67.0 cm³/mol. The molecule has 96 valence electrons. The number of hydrogen-bond donors (Lipinski definition) is 1. The highest BCUT2D eigenvalue weighted by atomic mass is 16.2. The fraction of sp³-hybridized carbons (Fsp3) is 0.417. The molecule has 0 atom stereocenters. The van der Waals surface area contributed by atoms with Crippen molar-refractivity contribution >= 4 is 5.91 Å². The minimum atomic E-state index is -0.126. The minimum absolute atomic E-state index is 0.126. The molecule has 0 spiro atoms. The molecule has 0 fully saturated rings. The van der Waals surface area contributed by atoms with E-state index in [4.69, 9.17) is 0 Å². The maximum Gasteiger partial charge on any atom is 0.269 e. The van der Waals surface area contributed by atoms with Crippen LogP contribution in [0.15, 0.2) is 18.5 Å². The topological polar surface area (TPSA) is 64.7 Å². The van der Waals surface area contributed by atoms with Gasteiger partial charge in [0, 0.05) is 38.1 Å². The first-order valence-corrected chi connectivity index (χ1v) is 5.91. The summed E-state index contributed by atoms with van der Waals surface area (Å²) in [7, 11) is 1.75. The molecule has 0 saturated heterocycles. The van der Waals surface area contributed by atoms with Crippen molar-refractivity contribution in [1.29, 1.82) is 0 Å². The number of nitrogens with one attached hydrogen (secondary N) is 1. The van der Waals surface area contributed by atoms with Crippen molar-refractivity contribution in [3.8, 4) is 0 Å². The molecule has 6 nitrogen and oxygen atoms in total. The molecular formula is C12H17N5O. The Hall–Kier alpha value is -2.11. The van der Waals surface area contributed by atoms with E-state index in [0.29, 0.717) is 12.2 Å². The van der Waals surface area contributed by atoms with Crippen molar-refractivity contribution in [3.05, 3.63) is 35.4 Å². The fourth-order valence-corrected chi connectivity index (χ4v) is 1.76. The SMILES string of the molecule is CCn1cc(CNC(=O)c2ccnn2C)c(C)n1. The second-order valence-corrected chi connectivity index (χ2v) is 4.12. The first-order chi connectivity index (χ1) is 8.61. The Morgan fingerprint density at radius 1 is 1.50 bits per heavy atom. The van der Waals surface area contributed by atoms with Gasteiger partial charge >= 0.3 is 0 Å². The highest BCUT2D eigenvalue weighted by Gasteiger charge is 2.11. The van der Waals surface area contributed by atoms with Crippen LogP contribution in [0.2, 0.25) is 0 Å². The number of aromatic nitrogens is 4. The lowest BCUT2D eigenvalue weighted by molar-refractivity contribution is 0.0941. The van der Waals surface area contributed by atoms with E-state index in [1.807, 2.05) is 24.7 Å². The Morgan fingerprint density at radius 3 is 2.83 bits per heavy atom. The molecule has 0 aliphatic heterocycles. The molecule has 1 N–H and O–H groups in total. The minimum Gasteiger partial charge on any atom is -0.347 e. The van der Waals surface area contributed by atoms with Crippen LogP contribution in [0.5, 0.6) is 0 Å². The van der Waals surface area contributed by atoms with E-state index in [2.05, 4.69) is 15.5 Å². The summed E-state index contributed by atoms with van der Waals surface area (Å²) in [5, 5.41) is 11.2. The molecule has 6 heteroatoms. The van der Waals surface area contributed by atoms with Crippen molar-refractivity contribution in [2.75, 3.05) is 0 Å². The average molecular weight is 247 g/mol. The van der Waals surface area contributed by atoms with Crippen molar-refractivity contribution < 1.29 is 4.79 Å². The Morgan fingerprint density at radius 2 is 2.28 bits per heavy atom. The third kappa shape index (κ3) is 2.42. The van der Waals surface area contributed by atoms with E-state index < -0.39 is 0 Å². The zero-order valence-electron chi connectivity index (χ0n) is 10.8. The summed E-state index contributed by atoms with van der Waals surface area (Å²) in [6, 6.07) is 1.69. The highest BCUT2D eigenvalue weighted by molar-refractivity contribution is 5.92. The molecule has 0 bridgehead atoms. The lowest BCUT2D eigenvalue weighted by Gasteiger charge is -2.04. The second kappa shape index (κ2) is 5.03. The molecule has 2 aromatic heterocycles. The van der Waals surface area contributed by atoms with Gasteiger partial charge in [-0.2, -0.15) is 10.2 Å². The first kappa shape index (κ1) is 12.3. The maximum absolute atomic E-state index is 11.9. The van der Waals surface area contributed by atoms with Gasteiger partial charge in [-0.3, -0.25) is 14.2 Å². The van der Waals surface area contributed by atoms with Gasteiger partial charge in [-0.05, 0) is 19.9 Å². The van der Waals surface area contributed by atoms with Gasteiger partial charge in [0.25, 0.3) is 5.91 Å². The first-order valence-electron chi connectivity index (χ1n) is 5.91. The van der Waals surface area contributed by atoms with Crippen LogP contribution < -0.4 is 5.32 Å². The van der Waals surface area contributed by atoms with Gasteiger partial charge in [0.1, 0.15) is 5.69 Å². The third-order valence-corrected chi connectivity index (χ3v) is 2.86. The number of nitrogens with zero attached hydrogens (tertiary/aromatic N) is 4. The molecule has 2 heterocycles. The predicted octanol–water partition coefficient (Wildman–Crippen LogP) is 0.875. The van der Waals surface area contributed by atoms with E-state index in [9.17, 15) is 4.79 Å². The number of hydrogen-bond acceptors (Lipinski definition) is 3. The normalized spacial score (nSPS) is 10.6. The molecule has 0 aliphatic carbocycles. The van der Waals surface area contributed by atoms with Gasteiger partial charge in [-0.25, -0.2) is 0 Å². The number of rotatable bonds is 4. The monoisotopic (exact) mass is 247 g/mol. The summed E-state index contributed by atoms with van der Waals surface area (Å²) in [6.07, 6.45) is 3.56. The summed E-state index contributed by atoms with van der Waals surface area (Å²) >= 11 is 0. The van der Waals surface area contributed by atoms with Crippen LogP contribution in [0.1, 0.15) is 28.7 Å². The summed E-state index contributed by atoms with van der Waals surface area (Å²) in [6.45, 7) is 5.29. The molecule has 0 saturated carbocycles. The zero-order chi connectivity index (χ0) is 13.1. The van der Waals surface area contributed by atoms with E-state index in [1.54, 1.807) is 24.0 Å². The van der Waals surface area contributed by atoms with Gasteiger partial charge in [0.2, 0.25) is 0 Å². The van der Waals surface area contributed by atoms with Gasteiger partial charge in [-0.15, -0.1) is 0 Å². The van der Waals surface area contributed by atoms with Crippen LogP contribution in [0, 0.1) is 6.92 Å². The van der Waals surface area contributed by atoms with Crippen LogP contribution in [0.25, 0.3) is 0 Å². The van der Waals surface area contributed by atoms with Gasteiger partial charge in [0.15, 0.2) is 0 Å². The Bertz CT molecular complexity index is 555. The number of carbonyl (C=O) groups excluding carboxylic acids is 1. The Kier molecular flexibility index (Phi) is 3.45. The van der Waals surface area contributed by atoms with Crippen LogP contribution in [-0.2, 0) is 20.1 Å². The molecule has 0 radical (unpaired) electrons. The number of aryl methyl sites for hydroxylation is 3. The van der Waals surface area contributed by atoms with Crippen molar-refractivity contribution in [3.63, 3.8) is 0 Å². The molecule has 0 aromatic carbocycles. The molecule has 2 aromatic rings. The maximum atomic E-state index is 11.9.